The third-order valence-corrected chi connectivity index (χ3v) is 6.19. The van der Waals surface area contributed by atoms with Gasteiger partial charge in [-0.05, 0) is 12.5 Å². The van der Waals surface area contributed by atoms with E-state index in [1.54, 1.807) is 11.0 Å². The molecule has 1 fully saturated rings. The summed E-state index contributed by atoms with van der Waals surface area (Å²) < 4.78 is 15.9. The van der Waals surface area contributed by atoms with Crippen LogP contribution in [0.15, 0.2) is 11.8 Å². The highest BCUT2D eigenvalue weighted by Gasteiger charge is 2.30. The molecule has 32 heavy (non-hydrogen) atoms. The van der Waals surface area contributed by atoms with Gasteiger partial charge >= 0.3 is 5.97 Å². The highest BCUT2D eigenvalue weighted by atomic mass is 16.6. The standard InChI is InChI=1S/C25H43NO6/c1-2-3-4-5-6-7-8-9-10-11-12-13-21(27)22-14-15-23(32-22)25(29)31-20-24(28)26-16-18-30-19-17-26/h14,21,23,27H,2-13,15-20H2,1H3. The third kappa shape index (κ3) is 10.3. The van der Waals surface area contributed by atoms with E-state index in [9.17, 15) is 14.7 Å². The van der Waals surface area contributed by atoms with Crippen LogP contribution >= 0.6 is 0 Å². The van der Waals surface area contributed by atoms with E-state index in [1.807, 2.05) is 0 Å². The van der Waals surface area contributed by atoms with Gasteiger partial charge in [0.15, 0.2) is 12.7 Å². The van der Waals surface area contributed by atoms with Crippen LogP contribution in [-0.4, -0.2) is 67.0 Å². The summed E-state index contributed by atoms with van der Waals surface area (Å²) in [4.78, 5) is 25.9. The predicted molar refractivity (Wildman–Crippen MR) is 123 cm³/mol. The van der Waals surface area contributed by atoms with Crippen molar-refractivity contribution < 1.29 is 28.9 Å². The molecule has 0 aromatic rings. The molecule has 7 nitrogen and oxygen atoms in total. The number of nitrogens with zero attached hydrogens (tertiary/aromatic N) is 1. The van der Waals surface area contributed by atoms with Crippen LogP contribution in [0.25, 0.3) is 0 Å². The topological polar surface area (TPSA) is 85.3 Å². The van der Waals surface area contributed by atoms with Crippen molar-refractivity contribution in [2.75, 3.05) is 32.9 Å². The smallest absolute Gasteiger partial charge is 0.348 e. The van der Waals surface area contributed by atoms with Crippen molar-refractivity contribution in [2.45, 2.75) is 103 Å². The van der Waals surface area contributed by atoms with Crippen LogP contribution in [0.4, 0.5) is 0 Å². The Balaban J connectivity index is 1.48. The lowest BCUT2D eigenvalue weighted by Crippen LogP contribution is -2.43. The van der Waals surface area contributed by atoms with Crippen molar-refractivity contribution in [3.63, 3.8) is 0 Å². The van der Waals surface area contributed by atoms with Gasteiger partial charge in [0.25, 0.3) is 5.91 Å². The number of aliphatic hydroxyl groups excluding tert-OH is 1. The Hall–Kier alpha value is -1.60. The zero-order valence-electron chi connectivity index (χ0n) is 19.9. The first-order chi connectivity index (χ1) is 15.6. The molecule has 1 amide bonds. The maximum absolute atomic E-state index is 12.2. The fourth-order valence-electron chi connectivity index (χ4n) is 4.12. The molecule has 0 saturated carbocycles. The summed E-state index contributed by atoms with van der Waals surface area (Å²) >= 11 is 0. The van der Waals surface area contributed by atoms with Gasteiger partial charge in [-0.25, -0.2) is 4.79 Å². The third-order valence-electron chi connectivity index (χ3n) is 6.19. The maximum atomic E-state index is 12.2. The normalized spacial score (nSPS) is 19.4. The fourth-order valence-corrected chi connectivity index (χ4v) is 4.12. The average Bonchev–Trinajstić information content (AvgIpc) is 3.32. The number of rotatable bonds is 16. The van der Waals surface area contributed by atoms with Gasteiger partial charge < -0.3 is 24.2 Å². The molecular weight excluding hydrogens is 410 g/mol. The summed E-state index contributed by atoms with van der Waals surface area (Å²) in [5.74, 6) is -0.317. The highest BCUT2D eigenvalue weighted by molar-refractivity contribution is 5.82. The number of hydrogen-bond donors (Lipinski definition) is 1. The molecule has 2 aliphatic rings. The number of carbonyl (C=O) groups excluding carboxylic acids is 2. The summed E-state index contributed by atoms with van der Waals surface area (Å²) in [7, 11) is 0. The molecular formula is C25H43NO6. The highest BCUT2D eigenvalue weighted by Crippen LogP contribution is 2.24. The van der Waals surface area contributed by atoms with Gasteiger partial charge in [-0.3, -0.25) is 4.79 Å². The molecule has 0 aliphatic carbocycles. The SMILES string of the molecule is CCCCCCCCCCCCCC(O)C1=CCC(C(=O)OCC(=O)N2CCOCC2)O1. The summed E-state index contributed by atoms with van der Waals surface area (Å²) in [6.45, 7) is 4.03. The van der Waals surface area contributed by atoms with Crippen LogP contribution in [-0.2, 0) is 23.8 Å². The minimum absolute atomic E-state index is 0.218. The quantitative estimate of drug-likeness (QED) is 0.279. The van der Waals surface area contributed by atoms with Crippen LogP contribution in [0.3, 0.4) is 0 Å². The Kier molecular flexibility index (Phi) is 13.4. The van der Waals surface area contributed by atoms with Crippen LogP contribution in [0.2, 0.25) is 0 Å². The van der Waals surface area contributed by atoms with E-state index >= 15 is 0 Å². The summed E-state index contributed by atoms with van der Waals surface area (Å²) in [6, 6.07) is 0. The molecule has 1 N–H and O–H groups in total. The average molecular weight is 454 g/mol. The van der Waals surface area contributed by atoms with Gasteiger partial charge in [-0.2, -0.15) is 0 Å². The lowest BCUT2D eigenvalue weighted by Gasteiger charge is -2.26. The zero-order valence-corrected chi connectivity index (χ0v) is 19.9. The number of amides is 1. The second-order valence-electron chi connectivity index (χ2n) is 8.89. The second-order valence-corrected chi connectivity index (χ2v) is 8.89. The lowest BCUT2D eigenvalue weighted by molar-refractivity contribution is -0.160. The minimum Gasteiger partial charge on any atom is -0.480 e. The molecule has 2 rings (SSSR count). The Morgan fingerprint density at radius 2 is 1.62 bits per heavy atom. The molecule has 0 aromatic carbocycles. The molecule has 2 aliphatic heterocycles. The maximum Gasteiger partial charge on any atom is 0.348 e. The Morgan fingerprint density at radius 1 is 1.03 bits per heavy atom. The van der Waals surface area contributed by atoms with Crippen LogP contribution in [0.5, 0.6) is 0 Å². The van der Waals surface area contributed by atoms with Crippen molar-refractivity contribution in [3.05, 3.63) is 11.8 Å². The molecule has 2 unspecified atom stereocenters. The first kappa shape index (κ1) is 26.7. The summed E-state index contributed by atoms with van der Waals surface area (Å²) in [5, 5.41) is 10.4. The largest absolute Gasteiger partial charge is 0.480 e. The van der Waals surface area contributed by atoms with E-state index in [-0.39, 0.29) is 12.5 Å². The number of aliphatic hydroxyl groups is 1. The molecule has 2 atom stereocenters. The molecule has 2 heterocycles. The van der Waals surface area contributed by atoms with E-state index in [4.69, 9.17) is 14.2 Å². The Labute approximate surface area is 193 Å². The Morgan fingerprint density at radius 3 is 2.25 bits per heavy atom. The lowest BCUT2D eigenvalue weighted by atomic mass is 10.0. The predicted octanol–water partition coefficient (Wildman–Crippen LogP) is 4.12. The molecule has 7 heteroatoms. The molecule has 1 saturated heterocycles. The number of esters is 1. The van der Waals surface area contributed by atoms with Gasteiger partial charge in [-0.1, -0.05) is 77.6 Å². The van der Waals surface area contributed by atoms with Crippen molar-refractivity contribution in [2.24, 2.45) is 0 Å². The van der Waals surface area contributed by atoms with Crippen molar-refractivity contribution >= 4 is 11.9 Å². The molecule has 0 bridgehead atoms. The van der Waals surface area contributed by atoms with Crippen LogP contribution in [0, 0.1) is 0 Å². The number of unbranched alkanes of at least 4 members (excludes halogenated alkanes) is 10. The van der Waals surface area contributed by atoms with Crippen molar-refractivity contribution in [1.82, 2.24) is 4.90 Å². The zero-order chi connectivity index (χ0) is 23.0. The number of ether oxygens (including phenoxy) is 3. The van der Waals surface area contributed by atoms with E-state index < -0.39 is 18.2 Å². The Bertz CT molecular complexity index is 573. The van der Waals surface area contributed by atoms with Crippen molar-refractivity contribution in [3.8, 4) is 0 Å². The van der Waals surface area contributed by atoms with E-state index in [2.05, 4.69) is 6.92 Å². The molecule has 0 spiro atoms. The number of morpholine rings is 1. The van der Waals surface area contributed by atoms with Gasteiger partial charge in [0.2, 0.25) is 0 Å². The van der Waals surface area contributed by atoms with Crippen molar-refractivity contribution in [1.29, 1.82) is 0 Å². The van der Waals surface area contributed by atoms with Gasteiger partial charge in [-0.15, -0.1) is 0 Å². The van der Waals surface area contributed by atoms with E-state index in [1.165, 1.54) is 57.8 Å². The summed E-state index contributed by atoms with van der Waals surface area (Å²) in [5.41, 5.74) is 0. The number of hydrogen-bond acceptors (Lipinski definition) is 6. The first-order valence-corrected chi connectivity index (χ1v) is 12.7. The molecule has 0 radical (unpaired) electrons. The van der Waals surface area contributed by atoms with Crippen LogP contribution in [0.1, 0.15) is 90.4 Å². The molecule has 0 aromatic heterocycles. The summed E-state index contributed by atoms with van der Waals surface area (Å²) in [6.07, 6.45) is 15.2. The van der Waals surface area contributed by atoms with Gasteiger partial charge in [0.1, 0.15) is 11.9 Å². The second kappa shape index (κ2) is 16.1. The van der Waals surface area contributed by atoms with Gasteiger partial charge in [0, 0.05) is 19.5 Å². The van der Waals surface area contributed by atoms with E-state index in [0.717, 1.165) is 12.8 Å². The fraction of sp³-hybridized carbons (Fsp3) is 0.840. The monoisotopic (exact) mass is 453 g/mol. The number of carbonyl (C=O) groups is 2. The van der Waals surface area contributed by atoms with E-state index in [0.29, 0.717) is 44.9 Å². The van der Waals surface area contributed by atoms with Gasteiger partial charge in [0.05, 0.1) is 13.2 Å². The van der Waals surface area contributed by atoms with Crippen LogP contribution < -0.4 is 0 Å². The first-order valence-electron chi connectivity index (χ1n) is 12.7. The molecule has 184 valence electrons. The minimum atomic E-state index is -0.769.